The molecule has 98 heavy (non-hydrogen) atoms. The van der Waals surface area contributed by atoms with Gasteiger partial charge in [-0.3, -0.25) is 14.4 Å². The lowest BCUT2D eigenvalue weighted by atomic mass is 9.35. The predicted molar refractivity (Wildman–Crippen MR) is 321 cm³/mol. The van der Waals surface area contributed by atoms with Gasteiger partial charge in [0.05, 0.1) is 62.9 Å². The number of carboxylic acid groups (broad SMARTS) is 1. The Morgan fingerprint density at radius 2 is 1.18 bits per heavy atom. The maximum Gasteiger partial charge on any atom is 0.317 e. The van der Waals surface area contributed by atoms with Gasteiger partial charge >= 0.3 is 17.9 Å². The van der Waals surface area contributed by atoms with Crippen molar-refractivity contribution in [1.82, 2.24) is 0 Å². The third-order valence-corrected chi connectivity index (χ3v) is 24.8. The highest BCUT2D eigenvalue weighted by Crippen LogP contribution is 2.74. The lowest BCUT2D eigenvalue weighted by Gasteiger charge is -2.70. The number of esters is 2. The molecule has 6 saturated heterocycles. The summed E-state index contributed by atoms with van der Waals surface area (Å²) >= 11 is 0. The molecule has 11 rings (SSSR count). The van der Waals surface area contributed by atoms with Crippen LogP contribution in [0.25, 0.3) is 0 Å². The minimum absolute atomic E-state index is 0.0380. The summed E-state index contributed by atoms with van der Waals surface area (Å²) in [4.78, 5) is 41.6. The van der Waals surface area contributed by atoms with E-state index < -0.39 is 274 Å². The molecule has 0 spiro atoms. The first-order valence-electron chi connectivity index (χ1n) is 34.1. The van der Waals surface area contributed by atoms with E-state index in [1.54, 1.807) is 0 Å². The second-order valence-corrected chi connectivity index (χ2v) is 31.0. The summed E-state index contributed by atoms with van der Waals surface area (Å²) in [5, 5.41) is 190. The molecule has 6 aliphatic heterocycles. The number of aliphatic carboxylic acids is 1. The van der Waals surface area contributed by atoms with E-state index >= 15 is 4.79 Å². The van der Waals surface area contributed by atoms with Gasteiger partial charge in [0, 0.05) is 6.92 Å². The molecule has 5 unspecified atom stereocenters. The number of hydrogen-bond donors (Lipinski definition) is 17. The minimum atomic E-state index is -2.12. The van der Waals surface area contributed by atoms with Crippen molar-refractivity contribution in [2.45, 2.75) is 285 Å². The molecule has 0 aromatic rings. The molecule has 17 N–H and O–H groups in total. The quantitative estimate of drug-likeness (QED) is 0.0391. The van der Waals surface area contributed by atoms with Crippen molar-refractivity contribution in [3.05, 3.63) is 11.6 Å². The second-order valence-electron chi connectivity index (χ2n) is 31.0. The highest BCUT2D eigenvalue weighted by molar-refractivity contribution is 5.80. The lowest BCUT2D eigenvalue weighted by Crippen LogP contribution is -2.70. The molecule has 0 radical (unpaired) electrons. The van der Waals surface area contributed by atoms with Crippen molar-refractivity contribution in [2.75, 3.05) is 33.0 Å². The summed E-state index contributed by atoms with van der Waals surface area (Å²) < 4.78 is 76.0. The highest BCUT2D eigenvalue weighted by Gasteiger charge is 2.73. The number of carbonyl (C=O) groups excluding carboxylic acids is 2. The number of aliphatic hydroxyl groups is 16. The fraction of sp³-hybridized carbons (Fsp3) is 0.923. The van der Waals surface area contributed by atoms with E-state index in [0.717, 1.165) is 12.5 Å². The van der Waals surface area contributed by atoms with E-state index in [0.29, 0.717) is 32.1 Å². The average molecular weight is 1410 g/mol. The third kappa shape index (κ3) is 12.7. The molecular weight excluding hydrogens is 1310 g/mol. The number of carbonyl (C=O) groups is 3. The van der Waals surface area contributed by atoms with Gasteiger partial charge in [-0.05, 0) is 112 Å². The van der Waals surface area contributed by atoms with Crippen molar-refractivity contribution >= 4 is 17.9 Å². The van der Waals surface area contributed by atoms with Gasteiger partial charge in [0.2, 0.25) is 6.29 Å². The topological polar surface area (TPSA) is 515 Å². The second kappa shape index (κ2) is 28.2. The van der Waals surface area contributed by atoms with Crippen molar-refractivity contribution < 1.29 is 163 Å². The summed E-state index contributed by atoms with van der Waals surface area (Å²) in [5.41, 5.74) is -6.60. The number of rotatable bonds is 16. The van der Waals surface area contributed by atoms with Crippen molar-refractivity contribution in [1.29, 1.82) is 0 Å². The Bertz CT molecular complexity index is 2870. The molecule has 560 valence electrons. The first-order chi connectivity index (χ1) is 45.9. The van der Waals surface area contributed by atoms with Crippen LogP contribution < -0.4 is 0 Å². The van der Waals surface area contributed by atoms with Gasteiger partial charge in [0.15, 0.2) is 37.6 Å². The molecular formula is C65H102O33. The Morgan fingerprint density at radius 1 is 0.571 bits per heavy atom. The SMILES string of the molecule is CC(=O)O[C@H]1C(O[C@H]2[C@@H](O)[C@@H](C)C3C(CC[C@]4(C)C3CC=C3C5CC(C)(C)CC[C@]5(C(=O)O[C@H]5OC[C@@H](O)[C@H](O[C@@H]6O[C@@H](C)[C@H](O[C@@H]7OC[C@@H](O)[C@H](O)[C@H]7O[C@H]7O[C@H](C)[C@@H](O)[C@@H](O[C@@H]8OC[C@](O)(CO)[C@H]8O)[C@@H]7O)[C@@H](O)[C@H]6O)[C@H]5O)[C@H](O)C[C@]34C)[C@]2(C)C(=O)O)O[C@H](CO)[C@@H](O)[C@@H]1O. The van der Waals surface area contributed by atoms with Gasteiger partial charge in [-0.15, -0.1) is 0 Å². The number of fused-ring (bicyclic) bond motifs is 7. The van der Waals surface area contributed by atoms with E-state index in [1.165, 1.54) is 20.8 Å². The van der Waals surface area contributed by atoms with Crippen molar-refractivity contribution in [3.8, 4) is 0 Å². The van der Waals surface area contributed by atoms with Crippen LogP contribution in [0.1, 0.15) is 107 Å². The molecule has 11 aliphatic rings. The normalized spacial score (nSPS) is 54.0. The highest BCUT2D eigenvalue weighted by atomic mass is 16.8. The summed E-state index contributed by atoms with van der Waals surface area (Å²) in [6.45, 7) is 12.0. The maximum absolute atomic E-state index is 15.4. The standard InChI is InChI=1S/C65H102O33/c1-23-35-28-11-10-27-30-16-60(5,6)14-15-65(30,34(71)17-62(27,8)61(28,7)13-12-29(35)63(9,58(82)83)51(36(23)72)97-56-49(91-26(4)68)40(76)39(75)33(18-66)92-56)59(84)98-52-43(79)46(32(70)20-86-52)94-53-42(78)41(77)45(25(3)90-53)93-55-48(38(74)31(69)19-87-55)96-54-44(80)47(37(73)24(2)89-54)95-57-50(81)64(85,21-67)22-88-57/h10,23-25,28-57,66-67,69-81,85H,11-22H2,1-9H3,(H,82,83)/t23-,24+,25-,28?,29?,30?,31+,32+,33+,34+,35?,36-,37+,38-,39+,40-,41-,42+,43+,44-,45-,46-,47+,48+,49+,50-,51-,52+,53-,54+,55-,56?,57-,61+,62+,63-,64+,65+/m0/s1. The van der Waals surface area contributed by atoms with Gasteiger partial charge in [-0.2, -0.15) is 0 Å². The molecule has 33 heteroatoms. The van der Waals surface area contributed by atoms with Crippen LogP contribution in [0.3, 0.4) is 0 Å². The third-order valence-electron chi connectivity index (χ3n) is 24.8. The Hall–Kier alpha value is -2.93. The molecule has 33 nitrogen and oxygen atoms in total. The largest absolute Gasteiger partial charge is 0.481 e. The molecule has 5 aliphatic carbocycles. The van der Waals surface area contributed by atoms with E-state index in [-0.39, 0.29) is 24.2 Å². The molecule has 0 bridgehead atoms. The van der Waals surface area contributed by atoms with Crippen LogP contribution in [-0.2, 0) is 76.0 Å². The van der Waals surface area contributed by atoms with E-state index in [2.05, 4.69) is 33.8 Å². The van der Waals surface area contributed by atoms with Crippen LogP contribution in [0.4, 0.5) is 0 Å². The van der Waals surface area contributed by atoms with Gasteiger partial charge in [-0.1, -0.05) is 46.3 Å². The lowest BCUT2D eigenvalue weighted by molar-refractivity contribution is -0.385. The molecule has 10 fully saturated rings. The van der Waals surface area contributed by atoms with Crippen LogP contribution in [0.2, 0.25) is 0 Å². The van der Waals surface area contributed by atoms with E-state index in [1.807, 2.05) is 6.92 Å². The molecule has 0 aromatic carbocycles. The zero-order valence-corrected chi connectivity index (χ0v) is 56.2. The number of ether oxygens (including phenoxy) is 13. The van der Waals surface area contributed by atoms with Crippen LogP contribution in [-0.4, -0.2) is 315 Å². The number of carboxylic acids is 1. The molecule has 0 aromatic heterocycles. The van der Waals surface area contributed by atoms with Gasteiger partial charge in [0.25, 0.3) is 0 Å². The van der Waals surface area contributed by atoms with Crippen molar-refractivity contribution in [3.63, 3.8) is 0 Å². The Kier molecular flexibility index (Phi) is 21.9. The Balaban J connectivity index is 0.774. The summed E-state index contributed by atoms with van der Waals surface area (Å²) in [7, 11) is 0. The monoisotopic (exact) mass is 1410 g/mol. The molecule has 0 amide bonds. The minimum Gasteiger partial charge on any atom is -0.481 e. The first-order valence-corrected chi connectivity index (χ1v) is 34.1. The average Bonchev–Trinajstić information content (AvgIpc) is 0.733. The van der Waals surface area contributed by atoms with Crippen molar-refractivity contribution in [2.24, 2.45) is 56.7 Å². The van der Waals surface area contributed by atoms with Gasteiger partial charge in [0.1, 0.15) is 115 Å². The Morgan fingerprint density at radius 3 is 1.84 bits per heavy atom. The van der Waals surface area contributed by atoms with Crippen LogP contribution in [0.15, 0.2) is 11.6 Å². The predicted octanol–water partition coefficient (Wildman–Crippen LogP) is -4.98. The molecule has 6 heterocycles. The zero-order chi connectivity index (χ0) is 71.7. The fourth-order valence-corrected chi connectivity index (χ4v) is 18.6. The Labute approximate surface area is 565 Å². The van der Waals surface area contributed by atoms with Crippen LogP contribution in [0, 0.1) is 56.7 Å². The smallest absolute Gasteiger partial charge is 0.317 e. The molecule has 4 saturated carbocycles. The number of allylic oxidation sites excluding steroid dienone is 2. The van der Waals surface area contributed by atoms with Gasteiger partial charge < -0.3 is 148 Å². The number of aliphatic hydroxyl groups excluding tert-OH is 15. The van der Waals surface area contributed by atoms with Crippen LogP contribution in [0.5, 0.6) is 0 Å². The summed E-state index contributed by atoms with van der Waals surface area (Å²) in [6, 6.07) is 0. The van der Waals surface area contributed by atoms with E-state index in [9.17, 15) is 96.4 Å². The zero-order valence-electron chi connectivity index (χ0n) is 56.2. The number of hydrogen-bond acceptors (Lipinski definition) is 32. The maximum atomic E-state index is 15.4. The molecule has 38 atom stereocenters. The summed E-state index contributed by atoms with van der Waals surface area (Å²) in [6.07, 6.45) is -42.9. The van der Waals surface area contributed by atoms with Crippen LogP contribution >= 0.6 is 0 Å². The summed E-state index contributed by atoms with van der Waals surface area (Å²) in [5.74, 6) is -5.82. The fourth-order valence-electron chi connectivity index (χ4n) is 18.6. The first kappa shape index (κ1) is 76.2. The van der Waals surface area contributed by atoms with E-state index in [4.69, 9.17) is 61.6 Å². The van der Waals surface area contributed by atoms with Gasteiger partial charge in [-0.25, -0.2) is 0 Å².